The number of aromatic nitrogens is 1. The van der Waals surface area contributed by atoms with E-state index in [-0.39, 0.29) is 13.1 Å². The van der Waals surface area contributed by atoms with Crippen molar-refractivity contribution in [2.75, 3.05) is 24.1 Å². The summed E-state index contributed by atoms with van der Waals surface area (Å²) in [5, 5.41) is 3.96. The molecular weight excluding hydrogens is 403 g/mol. The maximum atomic E-state index is 14.6. The van der Waals surface area contributed by atoms with Crippen LogP contribution in [0.4, 0.5) is 20.6 Å². The first-order chi connectivity index (χ1) is 12.1. The van der Waals surface area contributed by atoms with Crippen molar-refractivity contribution in [2.24, 2.45) is 0 Å². The lowest BCUT2D eigenvalue weighted by atomic mass is 10.1. The Bertz CT molecular complexity index is 835. The van der Waals surface area contributed by atoms with E-state index in [0.29, 0.717) is 11.4 Å². The molecule has 26 heavy (non-hydrogen) atoms. The van der Waals surface area contributed by atoms with Gasteiger partial charge in [0.2, 0.25) is 0 Å². The average Bonchev–Trinajstić information content (AvgIpc) is 2.90. The molecule has 2 heterocycles. The van der Waals surface area contributed by atoms with Crippen LogP contribution in [0.2, 0.25) is 0 Å². The van der Waals surface area contributed by atoms with E-state index >= 15 is 0 Å². The number of rotatable bonds is 2. The standard InChI is InChI=1S/C18H22BrFN4O2/c1-18(2,3)26-17(25)24-8-12(20)15(9-24)23-16-11-6-10(19)4-5-14(11)22-7-13(16)21/h4-7,12,15H,8-9,21H2,1-3H3,(H,22,23)/t12-,15-/m0/s1. The van der Waals surface area contributed by atoms with Crippen LogP contribution in [0.5, 0.6) is 0 Å². The molecule has 0 radical (unpaired) electrons. The first-order valence-corrected chi connectivity index (χ1v) is 9.15. The van der Waals surface area contributed by atoms with Crippen LogP contribution in [0.25, 0.3) is 10.9 Å². The van der Waals surface area contributed by atoms with Crippen LogP contribution in [0.3, 0.4) is 0 Å². The van der Waals surface area contributed by atoms with Gasteiger partial charge in [-0.25, -0.2) is 9.18 Å². The number of benzene rings is 1. The van der Waals surface area contributed by atoms with Crippen molar-refractivity contribution in [3.8, 4) is 0 Å². The quantitative estimate of drug-likeness (QED) is 0.762. The molecule has 0 bridgehead atoms. The predicted octanol–water partition coefficient (Wildman–Crippen LogP) is 3.95. The third kappa shape index (κ3) is 4.00. The number of amides is 1. The van der Waals surface area contributed by atoms with Crippen LogP contribution in [0, 0.1) is 0 Å². The van der Waals surface area contributed by atoms with Gasteiger partial charge in [0, 0.05) is 16.4 Å². The molecule has 140 valence electrons. The summed E-state index contributed by atoms with van der Waals surface area (Å²) in [6.07, 6.45) is -0.191. The Hall–Kier alpha value is -2.09. The fraction of sp³-hybridized carbons (Fsp3) is 0.444. The van der Waals surface area contributed by atoms with E-state index in [2.05, 4.69) is 26.2 Å². The van der Waals surface area contributed by atoms with Gasteiger partial charge in [-0.2, -0.15) is 0 Å². The summed E-state index contributed by atoms with van der Waals surface area (Å²) < 4.78 is 20.8. The molecule has 1 fully saturated rings. The smallest absolute Gasteiger partial charge is 0.410 e. The molecule has 3 N–H and O–H groups in total. The van der Waals surface area contributed by atoms with Gasteiger partial charge < -0.3 is 20.7 Å². The molecule has 1 saturated heterocycles. The summed E-state index contributed by atoms with van der Waals surface area (Å²) in [7, 11) is 0. The van der Waals surface area contributed by atoms with Gasteiger partial charge in [0.25, 0.3) is 0 Å². The number of carbonyl (C=O) groups is 1. The molecular formula is C18H22BrFN4O2. The summed E-state index contributed by atoms with van der Waals surface area (Å²) in [5.74, 6) is 0. The summed E-state index contributed by atoms with van der Waals surface area (Å²) in [4.78, 5) is 17.9. The van der Waals surface area contributed by atoms with Crippen molar-refractivity contribution in [3.05, 3.63) is 28.9 Å². The zero-order chi connectivity index (χ0) is 19.1. The Morgan fingerprint density at radius 3 is 2.85 bits per heavy atom. The number of nitrogen functional groups attached to an aromatic ring is 1. The second kappa shape index (κ2) is 6.90. The molecule has 8 heteroatoms. The highest BCUT2D eigenvalue weighted by atomic mass is 79.9. The Labute approximate surface area is 160 Å². The largest absolute Gasteiger partial charge is 0.444 e. The number of likely N-dealkylation sites (tertiary alicyclic amines) is 1. The Morgan fingerprint density at radius 2 is 2.15 bits per heavy atom. The number of nitrogens with zero attached hydrogens (tertiary/aromatic N) is 2. The Morgan fingerprint density at radius 1 is 1.42 bits per heavy atom. The lowest BCUT2D eigenvalue weighted by molar-refractivity contribution is 0.0283. The van der Waals surface area contributed by atoms with Crippen LogP contribution in [-0.4, -0.2) is 46.9 Å². The van der Waals surface area contributed by atoms with Crippen LogP contribution in [0.1, 0.15) is 20.8 Å². The minimum absolute atomic E-state index is 0.0147. The highest BCUT2D eigenvalue weighted by Crippen LogP contribution is 2.32. The molecule has 2 atom stereocenters. The van der Waals surface area contributed by atoms with Crippen LogP contribution in [0.15, 0.2) is 28.9 Å². The van der Waals surface area contributed by atoms with Gasteiger partial charge >= 0.3 is 6.09 Å². The topological polar surface area (TPSA) is 80.5 Å². The minimum Gasteiger partial charge on any atom is -0.444 e. The van der Waals surface area contributed by atoms with Gasteiger partial charge in [-0.1, -0.05) is 15.9 Å². The molecule has 0 aliphatic carbocycles. The normalized spacial score (nSPS) is 20.4. The minimum atomic E-state index is -1.22. The van der Waals surface area contributed by atoms with E-state index in [0.717, 1.165) is 15.4 Å². The van der Waals surface area contributed by atoms with Gasteiger partial charge in [-0.3, -0.25) is 4.98 Å². The van der Waals surface area contributed by atoms with Crippen LogP contribution in [-0.2, 0) is 4.74 Å². The maximum absolute atomic E-state index is 14.6. The first kappa shape index (κ1) is 18.7. The second-order valence-corrected chi connectivity index (χ2v) is 8.32. The van der Waals surface area contributed by atoms with Gasteiger partial charge in [0.05, 0.1) is 35.7 Å². The van der Waals surface area contributed by atoms with Crippen molar-refractivity contribution in [3.63, 3.8) is 0 Å². The molecule has 1 aliphatic rings. The molecule has 2 aromatic rings. The predicted molar refractivity (Wildman–Crippen MR) is 104 cm³/mol. The third-order valence-corrected chi connectivity index (χ3v) is 4.58. The van der Waals surface area contributed by atoms with Crippen molar-refractivity contribution in [1.29, 1.82) is 0 Å². The van der Waals surface area contributed by atoms with E-state index in [9.17, 15) is 9.18 Å². The molecule has 0 spiro atoms. The molecule has 0 saturated carbocycles. The van der Waals surface area contributed by atoms with E-state index < -0.39 is 23.9 Å². The zero-order valence-electron chi connectivity index (χ0n) is 14.9. The molecule has 1 aromatic carbocycles. The second-order valence-electron chi connectivity index (χ2n) is 7.40. The van der Waals surface area contributed by atoms with Crippen molar-refractivity contribution >= 4 is 44.3 Å². The van der Waals surface area contributed by atoms with Gasteiger partial charge in [-0.15, -0.1) is 0 Å². The summed E-state index contributed by atoms with van der Waals surface area (Å²) in [5.41, 5.74) is 7.25. The average molecular weight is 425 g/mol. The fourth-order valence-electron chi connectivity index (χ4n) is 2.90. The number of ether oxygens (including phenoxy) is 1. The zero-order valence-corrected chi connectivity index (χ0v) is 16.5. The first-order valence-electron chi connectivity index (χ1n) is 8.36. The van der Waals surface area contributed by atoms with Crippen LogP contribution >= 0.6 is 15.9 Å². The highest BCUT2D eigenvalue weighted by molar-refractivity contribution is 9.10. The van der Waals surface area contributed by atoms with Gasteiger partial charge in [-0.05, 0) is 39.0 Å². The summed E-state index contributed by atoms with van der Waals surface area (Å²) >= 11 is 3.43. The van der Waals surface area contributed by atoms with E-state index in [4.69, 9.17) is 10.5 Å². The molecule has 3 rings (SSSR count). The lowest BCUT2D eigenvalue weighted by Gasteiger charge is -2.24. The number of alkyl halides is 1. The van der Waals surface area contributed by atoms with Gasteiger partial charge in [0.15, 0.2) is 0 Å². The van der Waals surface area contributed by atoms with Gasteiger partial charge in [0.1, 0.15) is 11.8 Å². The third-order valence-electron chi connectivity index (χ3n) is 4.09. The van der Waals surface area contributed by atoms with Crippen molar-refractivity contribution in [2.45, 2.75) is 38.6 Å². The lowest BCUT2D eigenvalue weighted by Crippen LogP contribution is -2.36. The number of pyridine rings is 1. The number of fused-ring (bicyclic) bond motifs is 1. The van der Waals surface area contributed by atoms with E-state index in [1.807, 2.05) is 18.2 Å². The summed E-state index contributed by atoms with van der Waals surface area (Å²) in [6.45, 7) is 5.54. The number of halogens is 2. The number of nitrogens with two attached hydrogens (primary N) is 1. The number of anilines is 2. The number of hydrogen-bond acceptors (Lipinski definition) is 5. The van der Waals surface area contributed by atoms with E-state index in [1.54, 1.807) is 27.0 Å². The summed E-state index contributed by atoms with van der Waals surface area (Å²) in [6, 6.07) is 5.05. The Kier molecular flexibility index (Phi) is 4.96. The van der Waals surface area contributed by atoms with Crippen LogP contribution < -0.4 is 11.1 Å². The molecule has 1 aromatic heterocycles. The monoisotopic (exact) mass is 424 g/mol. The fourth-order valence-corrected chi connectivity index (χ4v) is 3.26. The Balaban J connectivity index is 1.81. The number of hydrogen-bond donors (Lipinski definition) is 2. The number of carbonyl (C=O) groups excluding carboxylic acids is 1. The van der Waals surface area contributed by atoms with Crippen molar-refractivity contribution < 1.29 is 13.9 Å². The maximum Gasteiger partial charge on any atom is 0.410 e. The number of nitrogens with one attached hydrogen (secondary N) is 1. The van der Waals surface area contributed by atoms with Crippen molar-refractivity contribution in [1.82, 2.24) is 9.88 Å². The molecule has 0 unspecified atom stereocenters. The molecule has 6 nitrogen and oxygen atoms in total. The highest BCUT2D eigenvalue weighted by Gasteiger charge is 2.37. The molecule has 1 amide bonds. The van der Waals surface area contributed by atoms with E-state index in [1.165, 1.54) is 4.90 Å². The molecule has 1 aliphatic heterocycles. The SMILES string of the molecule is CC(C)(C)OC(=O)N1C[C@H](Nc2c(N)cnc3ccc(Br)cc23)[C@@H](F)C1.